The summed E-state index contributed by atoms with van der Waals surface area (Å²) in [6.07, 6.45) is 7.32. The topological polar surface area (TPSA) is 110 Å². The lowest BCUT2D eigenvalue weighted by molar-refractivity contribution is 0.0742. The highest BCUT2D eigenvalue weighted by molar-refractivity contribution is 6.30. The van der Waals surface area contributed by atoms with Gasteiger partial charge in [0.2, 0.25) is 0 Å². The summed E-state index contributed by atoms with van der Waals surface area (Å²) < 4.78 is 21.6. The van der Waals surface area contributed by atoms with E-state index in [1.165, 1.54) is 16.7 Å². The third-order valence-corrected chi connectivity index (χ3v) is 11.5. The SMILES string of the molecule is C=CC1=C(Cn2nc(Cc3nn(Cc4ccc(C)cc4)c(C)c3CN(C)CC(O)COc3ccc(OCC)cc3)c(CN(C)CC(O)COc3ccc(Cl)cc3)c2C)CCC=C1. The highest BCUT2D eigenvalue weighted by atomic mass is 35.5. The largest absolute Gasteiger partial charge is 0.494 e. The van der Waals surface area contributed by atoms with E-state index in [-0.39, 0.29) is 13.2 Å². The quantitative estimate of drug-likeness (QED) is 0.0671. The molecule has 0 amide bonds. The molecular formula is C50H63ClN6O5. The number of rotatable bonds is 23. The van der Waals surface area contributed by atoms with Gasteiger partial charge in [0.05, 0.1) is 31.1 Å². The highest BCUT2D eigenvalue weighted by Crippen LogP contribution is 2.28. The van der Waals surface area contributed by atoms with Gasteiger partial charge in [-0.3, -0.25) is 19.2 Å². The third kappa shape index (κ3) is 12.9. The number of hydrogen-bond acceptors (Lipinski definition) is 9. The van der Waals surface area contributed by atoms with Crippen molar-refractivity contribution >= 4 is 11.6 Å². The van der Waals surface area contributed by atoms with Crippen LogP contribution >= 0.6 is 11.6 Å². The van der Waals surface area contributed by atoms with Gasteiger partial charge in [0.25, 0.3) is 0 Å². The third-order valence-electron chi connectivity index (χ3n) is 11.2. The molecule has 62 heavy (non-hydrogen) atoms. The van der Waals surface area contributed by atoms with Crippen LogP contribution in [0.2, 0.25) is 5.02 Å². The molecule has 1 aliphatic carbocycles. The van der Waals surface area contributed by atoms with Crippen molar-refractivity contribution in [3.63, 3.8) is 0 Å². The second-order valence-electron chi connectivity index (χ2n) is 16.4. The summed E-state index contributed by atoms with van der Waals surface area (Å²) in [4.78, 5) is 4.25. The fraction of sp³-hybridized carbons (Fsp3) is 0.400. The fourth-order valence-electron chi connectivity index (χ4n) is 7.82. The molecule has 0 aliphatic heterocycles. The molecule has 0 bridgehead atoms. The van der Waals surface area contributed by atoms with Crippen molar-refractivity contribution in [2.75, 3.05) is 47.0 Å². The molecule has 330 valence electrons. The van der Waals surface area contributed by atoms with Gasteiger partial charge < -0.3 is 24.4 Å². The zero-order valence-electron chi connectivity index (χ0n) is 37.2. The van der Waals surface area contributed by atoms with Crippen molar-refractivity contribution in [3.05, 3.63) is 159 Å². The molecule has 11 nitrogen and oxygen atoms in total. The van der Waals surface area contributed by atoms with Crippen molar-refractivity contribution in [1.82, 2.24) is 29.4 Å². The maximum Gasteiger partial charge on any atom is 0.119 e. The molecule has 3 aromatic carbocycles. The molecule has 1 aliphatic rings. The normalized spacial score (nSPS) is 13.9. The molecular weight excluding hydrogens is 800 g/mol. The summed E-state index contributed by atoms with van der Waals surface area (Å²) in [5.41, 5.74) is 11.1. The van der Waals surface area contributed by atoms with E-state index < -0.39 is 12.2 Å². The molecule has 5 aromatic rings. The standard InChI is InChI=1S/C50H63ClN6O5/c1-8-39-12-10-11-13-40(39)28-57-37(5)48(32-55(7)29-42(58)33-61-45-20-18-41(51)19-21-45)50(53-57)26-49-47(36(4)56(52-49)27-38-16-14-35(3)15-17-38)31-54(6)30-43(59)34-62-46-24-22-44(23-25-46)60-9-2/h8,10,12,14-25,42-43,58-59H,1,9,11,13,26-34H2,2-7H3. The average molecular weight is 864 g/mol. The minimum Gasteiger partial charge on any atom is -0.494 e. The number of aliphatic hydroxyl groups is 2. The Labute approximate surface area is 372 Å². The Bertz CT molecular complexity index is 2280. The monoisotopic (exact) mass is 862 g/mol. The summed E-state index contributed by atoms with van der Waals surface area (Å²) in [6, 6.07) is 23.2. The minimum atomic E-state index is -0.715. The zero-order chi connectivity index (χ0) is 44.2. The van der Waals surface area contributed by atoms with Crippen LogP contribution in [0.15, 0.2) is 109 Å². The second kappa shape index (κ2) is 22.3. The summed E-state index contributed by atoms with van der Waals surface area (Å²) in [5.74, 6) is 2.12. The molecule has 0 saturated heterocycles. The molecule has 2 aromatic heterocycles. The Hall–Kier alpha value is -5.17. The molecule has 12 heteroatoms. The van der Waals surface area contributed by atoms with Crippen LogP contribution in [0.5, 0.6) is 17.2 Å². The molecule has 2 N–H and O–H groups in total. The zero-order valence-corrected chi connectivity index (χ0v) is 37.9. The number of aromatic nitrogens is 4. The van der Waals surface area contributed by atoms with Crippen LogP contribution in [0.4, 0.5) is 0 Å². The number of ether oxygens (including phenoxy) is 3. The number of nitrogens with zero attached hydrogens (tertiary/aromatic N) is 6. The smallest absolute Gasteiger partial charge is 0.119 e. The van der Waals surface area contributed by atoms with Gasteiger partial charge in [0.1, 0.15) is 42.7 Å². The molecule has 0 radical (unpaired) electrons. The molecule has 0 saturated carbocycles. The Balaban J connectivity index is 1.25. The van der Waals surface area contributed by atoms with Crippen LogP contribution in [-0.4, -0.2) is 98.8 Å². The lowest BCUT2D eigenvalue weighted by Gasteiger charge is -2.22. The van der Waals surface area contributed by atoms with Gasteiger partial charge in [-0.15, -0.1) is 0 Å². The van der Waals surface area contributed by atoms with Gasteiger partial charge in [-0.1, -0.05) is 66.2 Å². The van der Waals surface area contributed by atoms with Crippen molar-refractivity contribution in [1.29, 1.82) is 0 Å². The molecule has 2 heterocycles. The number of halogens is 1. The highest BCUT2D eigenvalue weighted by Gasteiger charge is 2.24. The average Bonchev–Trinajstić information content (AvgIpc) is 3.70. The first kappa shape index (κ1) is 46.3. The summed E-state index contributed by atoms with van der Waals surface area (Å²) in [7, 11) is 4.04. The van der Waals surface area contributed by atoms with Crippen LogP contribution in [0.1, 0.15) is 64.8 Å². The van der Waals surface area contributed by atoms with E-state index in [2.05, 4.69) is 82.9 Å². The summed E-state index contributed by atoms with van der Waals surface area (Å²) in [5, 5.41) is 33.4. The van der Waals surface area contributed by atoms with E-state index >= 15 is 0 Å². The molecule has 2 atom stereocenters. The van der Waals surface area contributed by atoms with Gasteiger partial charge in [-0.2, -0.15) is 10.2 Å². The summed E-state index contributed by atoms with van der Waals surface area (Å²) >= 11 is 6.05. The molecule has 6 rings (SSSR count). The molecule has 0 spiro atoms. The van der Waals surface area contributed by atoms with E-state index in [9.17, 15) is 10.2 Å². The van der Waals surface area contributed by atoms with E-state index in [0.717, 1.165) is 58.1 Å². The maximum atomic E-state index is 11.1. The minimum absolute atomic E-state index is 0.153. The Morgan fingerprint density at radius 3 is 1.76 bits per heavy atom. The van der Waals surface area contributed by atoms with Gasteiger partial charge in [0.15, 0.2) is 0 Å². The van der Waals surface area contributed by atoms with Crippen LogP contribution in [0.25, 0.3) is 0 Å². The second-order valence-corrected chi connectivity index (χ2v) is 16.8. The Kier molecular flexibility index (Phi) is 16.6. The van der Waals surface area contributed by atoms with Crippen molar-refractivity contribution in [2.45, 2.75) is 85.3 Å². The van der Waals surface area contributed by atoms with E-state index in [1.54, 1.807) is 24.3 Å². The van der Waals surface area contributed by atoms with Gasteiger partial charge in [-0.25, -0.2) is 0 Å². The van der Waals surface area contributed by atoms with Crippen molar-refractivity contribution in [2.24, 2.45) is 0 Å². The number of likely N-dealkylation sites (N-methyl/N-ethyl adjacent to an activating group) is 2. The van der Waals surface area contributed by atoms with Crippen LogP contribution in [-0.2, 0) is 32.6 Å². The fourth-order valence-corrected chi connectivity index (χ4v) is 7.95. The van der Waals surface area contributed by atoms with Crippen LogP contribution < -0.4 is 14.2 Å². The van der Waals surface area contributed by atoms with Crippen molar-refractivity contribution in [3.8, 4) is 17.2 Å². The first-order valence-corrected chi connectivity index (χ1v) is 21.9. The number of allylic oxidation sites excluding steroid dienone is 5. The molecule has 0 fully saturated rings. The van der Waals surface area contributed by atoms with Crippen LogP contribution in [0, 0.1) is 20.8 Å². The lowest BCUT2D eigenvalue weighted by atomic mass is 9.97. The summed E-state index contributed by atoms with van der Waals surface area (Å²) in [6.45, 7) is 16.6. The molecule has 2 unspecified atom stereocenters. The number of benzene rings is 3. The first-order chi connectivity index (χ1) is 29.9. The van der Waals surface area contributed by atoms with E-state index in [1.807, 2.05) is 51.4 Å². The predicted octanol–water partition coefficient (Wildman–Crippen LogP) is 8.27. The maximum absolute atomic E-state index is 11.1. The number of aliphatic hydroxyl groups excluding tert-OH is 2. The lowest BCUT2D eigenvalue weighted by Crippen LogP contribution is -2.33. The number of hydrogen-bond donors (Lipinski definition) is 2. The van der Waals surface area contributed by atoms with Gasteiger partial charge in [0, 0.05) is 60.1 Å². The van der Waals surface area contributed by atoms with Gasteiger partial charge in [-0.05, 0) is 120 Å². The first-order valence-electron chi connectivity index (χ1n) is 21.5. The van der Waals surface area contributed by atoms with E-state index in [4.69, 9.17) is 36.0 Å². The van der Waals surface area contributed by atoms with Gasteiger partial charge >= 0.3 is 0 Å². The Morgan fingerprint density at radius 1 is 0.742 bits per heavy atom. The van der Waals surface area contributed by atoms with Crippen LogP contribution in [0.3, 0.4) is 0 Å². The van der Waals surface area contributed by atoms with E-state index in [0.29, 0.717) is 68.8 Å². The predicted molar refractivity (Wildman–Crippen MR) is 247 cm³/mol. The number of aryl methyl sites for hydroxylation is 1. The Morgan fingerprint density at radius 2 is 1.24 bits per heavy atom. The van der Waals surface area contributed by atoms with Crippen molar-refractivity contribution < 1.29 is 24.4 Å².